The molecule has 0 aliphatic rings. The number of hydrogen-bond donors (Lipinski definition) is 1. The van der Waals surface area contributed by atoms with Crippen LogP contribution in [-0.2, 0) is 9.49 Å². The quantitative estimate of drug-likeness (QED) is 0.0241. The highest BCUT2D eigenvalue weighted by Gasteiger charge is 2.45. The molecule has 0 fully saturated rings. The van der Waals surface area contributed by atoms with Gasteiger partial charge in [-0.1, -0.05) is 237 Å². The second-order valence-electron chi connectivity index (χ2n) is 20.3. The maximum atomic E-state index is 15.0. The van der Waals surface area contributed by atoms with Gasteiger partial charge in [-0.25, -0.2) is 0 Å². The summed E-state index contributed by atoms with van der Waals surface area (Å²) in [7, 11) is 2.76. The summed E-state index contributed by atoms with van der Waals surface area (Å²) in [6.45, 7) is 2.53. The summed E-state index contributed by atoms with van der Waals surface area (Å²) in [4.78, 5) is 17.0. The molecule has 0 aliphatic heterocycles. The molecule has 1 N–H and O–H groups in total. The summed E-state index contributed by atoms with van der Waals surface area (Å²) in [5, 5.41) is 7.69. The van der Waals surface area contributed by atoms with E-state index in [0.29, 0.717) is 12.1 Å². The first-order chi connectivity index (χ1) is 37.8. The third-order valence-electron chi connectivity index (χ3n) is 14.8. The zero-order valence-electron chi connectivity index (χ0n) is 44.1. The summed E-state index contributed by atoms with van der Waals surface area (Å²) in [5.74, 6) is -0.0720. The summed E-state index contributed by atoms with van der Waals surface area (Å²) in [5.41, 5.74) is 7.60. The molecule has 0 unspecified atom stereocenters. The van der Waals surface area contributed by atoms with Crippen LogP contribution in [0.1, 0.15) is 56.6 Å². The van der Waals surface area contributed by atoms with Crippen molar-refractivity contribution < 1.29 is 9.28 Å². The summed E-state index contributed by atoms with van der Waals surface area (Å²) < 4.78 is -0.433. The van der Waals surface area contributed by atoms with Crippen LogP contribution >= 0.6 is 30.8 Å². The number of amides is 1. The van der Waals surface area contributed by atoms with E-state index in [-0.39, 0.29) is 5.91 Å². The van der Waals surface area contributed by atoms with E-state index in [2.05, 4.69) is 311 Å². The van der Waals surface area contributed by atoms with E-state index >= 15 is 0 Å². The molecule has 77 heavy (non-hydrogen) atoms. The Kier molecular flexibility index (Phi) is 17.1. The molecule has 10 aromatic rings. The molecule has 0 saturated carbocycles. The summed E-state index contributed by atoms with van der Waals surface area (Å²) >= 11 is 3.59. The molecule has 0 radical (unpaired) electrons. The number of thioether (sulfide) groups is 2. The standard InChI is InChI=1S/C71H66N2OPS2/c1-73(2,52-31-53-75(64-44-24-9-25-45-64,65-46-26-10-27-47-65)66-48-28-11-29-49-66)51-30-50-72-69(74)57-54-67(76-70(58-32-12-3-13-33-58,59-34-14-4-15-35-59)60-36-16-5-17-37-60)56-68(55-57)77-71(61-38-18-6-19-39-61,62-40-20-7-21-41-62)63-42-22-8-23-43-63/h3-29,32-49,54-56H,30-31,50-53H2,1-2H3/q+1/p+1. The number of hydrogen-bond acceptors (Lipinski definition) is 3. The Bertz CT molecular complexity index is 2970. The first kappa shape index (κ1) is 53.2. The van der Waals surface area contributed by atoms with E-state index in [0.717, 1.165) is 79.7 Å². The Balaban J connectivity index is 0.969. The normalized spacial score (nSPS) is 12.0. The van der Waals surface area contributed by atoms with Crippen molar-refractivity contribution in [1.82, 2.24) is 5.32 Å². The summed E-state index contributed by atoms with van der Waals surface area (Å²) in [6, 6.07) is 105. The van der Waals surface area contributed by atoms with Gasteiger partial charge in [0.1, 0.15) is 23.2 Å². The Morgan fingerprint density at radius 3 is 0.961 bits per heavy atom. The van der Waals surface area contributed by atoms with Crippen molar-refractivity contribution in [3.05, 3.63) is 330 Å². The van der Waals surface area contributed by atoms with E-state index < -0.39 is 16.8 Å². The van der Waals surface area contributed by atoms with Gasteiger partial charge in [0.15, 0.2) is 0 Å². The highest BCUT2D eigenvalue weighted by molar-refractivity contribution is 8.01. The minimum atomic E-state index is -1.93. The van der Waals surface area contributed by atoms with Crippen molar-refractivity contribution in [1.29, 1.82) is 0 Å². The van der Waals surface area contributed by atoms with Gasteiger partial charge in [-0.05, 0) is 88.0 Å². The van der Waals surface area contributed by atoms with Crippen LogP contribution in [0.3, 0.4) is 0 Å². The molecule has 0 atom stereocenters. The predicted octanol–water partition coefficient (Wildman–Crippen LogP) is 15.4. The number of carbonyl (C=O) groups is 1. The van der Waals surface area contributed by atoms with E-state index in [1.807, 2.05) is 0 Å². The highest BCUT2D eigenvalue weighted by atomic mass is 32.2. The molecule has 0 spiro atoms. The highest BCUT2D eigenvalue weighted by Crippen LogP contribution is 2.57. The number of carbonyl (C=O) groups excluding carboxylic acids is 1. The average Bonchev–Trinajstić information content (AvgIpc) is 3.51. The lowest BCUT2D eigenvalue weighted by Gasteiger charge is -2.37. The molecule has 0 aliphatic carbocycles. The fraction of sp³-hybridized carbons (Fsp3) is 0.141. The van der Waals surface area contributed by atoms with E-state index in [1.54, 1.807) is 23.5 Å². The average molecular weight is 1060 g/mol. The molecular weight excluding hydrogens is 992 g/mol. The number of benzene rings is 10. The minimum absolute atomic E-state index is 0.0720. The van der Waals surface area contributed by atoms with Crippen molar-refractivity contribution in [2.45, 2.75) is 32.1 Å². The van der Waals surface area contributed by atoms with Crippen LogP contribution in [0, 0.1) is 0 Å². The van der Waals surface area contributed by atoms with Crippen molar-refractivity contribution in [3.63, 3.8) is 0 Å². The molecule has 10 aromatic carbocycles. The lowest BCUT2D eigenvalue weighted by Crippen LogP contribution is -2.43. The van der Waals surface area contributed by atoms with Gasteiger partial charge in [0.2, 0.25) is 0 Å². The zero-order chi connectivity index (χ0) is 52.8. The van der Waals surface area contributed by atoms with Crippen molar-refractivity contribution in [3.8, 4) is 0 Å². The Morgan fingerprint density at radius 2 is 0.662 bits per heavy atom. The third kappa shape index (κ3) is 11.9. The van der Waals surface area contributed by atoms with Crippen LogP contribution in [0.5, 0.6) is 0 Å². The van der Waals surface area contributed by atoms with E-state index in [4.69, 9.17) is 0 Å². The molecule has 3 nitrogen and oxygen atoms in total. The van der Waals surface area contributed by atoms with Gasteiger partial charge < -0.3 is 9.80 Å². The smallest absolute Gasteiger partial charge is 0.251 e. The van der Waals surface area contributed by atoms with E-state index in [9.17, 15) is 4.79 Å². The van der Waals surface area contributed by atoms with Gasteiger partial charge in [0.25, 0.3) is 5.91 Å². The molecule has 0 saturated heterocycles. The van der Waals surface area contributed by atoms with E-state index in [1.165, 1.54) is 15.9 Å². The molecule has 0 aromatic heterocycles. The lowest BCUT2D eigenvalue weighted by atomic mass is 9.84. The molecule has 10 rings (SSSR count). The van der Waals surface area contributed by atoms with Crippen LogP contribution < -0.4 is 21.2 Å². The number of rotatable bonds is 22. The van der Waals surface area contributed by atoms with Gasteiger partial charge in [-0.3, -0.25) is 4.79 Å². The van der Waals surface area contributed by atoms with Gasteiger partial charge in [0, 0.05) is 34.7 Å². The first-order valence-electron chi connectivity index (χ1n) is 26.8. The lowest BCUT2D eigenvalue weighted by molar-refractivity contribution is -0.890. The van der Waals surface area contributed by atoms with Gasteiger partial charge >= 0.3 is 0 Å². The van der Waals surface area contributed by atoms with Gasteiger partial charge in [0.05, 0.1) is 42.8 Å². The van der Waals surface area contributed by atoms with Gasteiger partial charge in [-0.2, -0.15) is 0 Å². The molecule has 0 bridgehead atoms. The number of nitrogens with one attached hydrogen (secondary N) is 1. The van der Waals surface area contributed by atoms with Crippen LogP contribution in [0.25, 0.3) is 0 Å². The predicted molar refractivity (Wildman–Crippen MR) is 330 cm³/mol. The largest absolute Gasteiger partial charge is 0.352 e. The van der Waals surface area contributed by atoms with Crippen molar-refractivity contribution in [2.24, 2.45) is 0 Å². The SMILES string of the molecule is C[N+](C)(CCCNC(=O)c1cc(SC(c2ccccc2)(c2ccccc2)c2ccccc2)cc(SC(c2ccccc2)(c2ccccc2)c2ccccc2)c1)CCC[P+](c1ccccc1)(c1ccccc1)c1ccccc1. The fourth-order valence-electron chi connectivity index (χ4n) is 11.1. The Hall–Kier alpha value is -7.24. The Morgan fingerprint density at radius 1 is 0.390 bits per heavy atom. The molecule has 1 amide bonds. The zero-order valence-corrected chi connectivity index (χ0v) is 46.6. The molecule has 382 valence electrons. The van der Waals surface area contributed by atoms with Crippen molar-refractivity contribution >= 4 is 52.6 Å². The molecular formula is C71H67N2OPS2+2. The first-order valence-corrected chi connectivity index (χ1v) is 30.4. The fourth-order valence-corrected chi connectivity index (χ4v) is 18.5. The Labute approximate surface area is 466 Å². The number of quaternary nitrogens is 1. The van der Waals surface area contributed by atoms with Crippen LogP contribution in [0.15, 0.2) is 301 Å². The second kappa shape index (κ2) is 24.8. The molecule has 0 heterocycles. The topological polar surface area (TPSA) is 29.1 Å². The van der Waals surface area contributed by atoms with Crippen LogP contribution in [0.2, 0.25) is 0 Å². The second-order valence-corrected chi connectivity index (χ2v) is 26.5. The molecule has 6 heteroatoms. The number of nitrogens with zero attached hydrogens (tertiary/aromatic N) is 1. The third-order valence-corrected chi connectivity index (χ3v) is 22.3. The maximum Gasteiger partial charge on any atom is 0.251 e. The maximum absolute atomic E-state index is 15.0. The van der Waals surface area contributed by atoms with Crippen molar-refractivity contribution in [2.75, 3.05) is 39.9 Å². The monoisotopic (exact) mass is 1060 g/mol. The van der Waals surface area contributed by atoms with Gasteiger partial charge in [-0.15, -0.1) is 23.5 Å². The summed E-state index contributed by atoms with van der Waals surface area (Å²) in [6.07, 6.45) is 3.01. The minimum Gasteiger partial charge on any atom is -0.352 e. The van der Waals surface area contributed by atoms with Crippen LogP contribution in [0.4, 0.5) is 0 Å². The van der Waals surface area contributed by atoms with Crippen LogP contribution in [-0.4, -0.2) is 50.3 Å².